The standard InChI is InChI=1S/C26H37N5O.HI/c1-4-20(2)25(32)30-24-9-7-8-23(16-24)18-29-26(27-3)28-17-21-10-12-22(13-11-21)19-31-14-5-6-15-31;/h7-13,16,20H,4-6,14-15,17-19H2,1-3H3,(H,30,32)(H2,27,28,29);1H. The number of amides is 1. The van der Waals surface area contributed by atoms with Crippen molar-refractivity contribution in [3.63, 3.8) is 0 Å². The van der Waals surface area contributed by atoms with Gasteiger partial charge in [0.15, 0.2) is 5.96 Å². The number of halogens is 1. The quantitative estimate of drug-likeness (QED) is 0.234. The van der Waals surface area contributed by atoms with E-state index >= 15 is 0 Å². The molecule has 0 bridgehead atoms. The molecular formula is C26H38IN5O. The van der Waals surface area contributed by atoms with Gasteiger partial charge in [-0.2, -0.15) is 0 Å². The Morgan fingerprint density at radius 2 is 1.64 bits per heavy atom. The molecule has 2 aromatic carbocycles. The number of carbonyl (C=O) groups excluding carboxylic acids is 1. The van der Waals surface area contributed by atoms with Crippen molar-refractivity contribution >= 4 is 41.5 Å². The van der Waals surface area contributed by atoms with Crippen LogP contribution in [0.5, 0.6) is 0 Å². The van der Waals surface area contributed by atoms with E-state index in [-0.39, 0.29) is 35.8 Å². The molecule has 1 atom stereocenters. The van der Waals surface area contributed by atoms with Crippen LogP contribution in [0.1, 0.15) is 49.8 Å². The van der Waals surface area contributed by atoms with Crippen LogP contribution in [0, 0.1) is 5.92 Å². The first-order valence-corrected chi connectivity index (χ1v) is 11.7. The molecular weight excluding hydrogens is 525 g/mol. The van der Waals surface area contributed by atoms with Crippen LogP contribution in [0.15, 0.2) is 53.5 Å². The predicted octanol–water partition coefficient (Wildman–Crippen LogP) is 4.75. The van der Waals surface area contributed by atoms with Crippen LogP contribution in [0.4, 0.5) is 5.69 Å². The first-order chi connectivity index (χ1) is 15.6. The fraction of sp³-hybridized carbons (Fsp3) is 0.462. The van der Waals surface area contributed by atoms with Crippen molar-refractivity contribution in [1.29, 1.82) is 0 Å². The molecule has 1 aliphatic rings. The lowest BCUT2D eigenvalue weighted by atomic mass is 10.1. The zero-order chi connectivity index (χ0) is 22.8. The summed E-state index contributed by atoms with van der Waals surface area (Å²) in [6.07, 6.45) is 3.48. The Balaban J connectivity index is 0.00000385. The third-order valence-electron chi connectivity index (χ3n) is 6.03. The molecule has 1 amide bonds. The normalized spacial score (nSPS) is 14.9. The van der Waals surface area contributed by atoms with Gasteiger partial charge in [0.25, 0.3) is 0 Å². The summed E-state index contributed by atoms with van der Waals surface area (Å²) >= 11 is 0. The number of anilines is 1. The molecule has 0 aromatic heterocycles. The van der Waals surface area contributed by atoms with Crippen LogP contribution >= 0.6 is 24.0 Å². The number of likely N-dealkylation sites (tertiary alicyclic amines) is 1. The van der Waals surface area contributed by atoms with Crippen molar-refractivity contribution in [2.24, 2.45) is 10.9 Å². The average Bonchev–Trinajstić information content (AvgIpc) is 3.33. The van der Waals surface area contributed by atoms with Gasteiger partial charge in [-0.25, -0.2) is 0 Å². The van der Waals surface area contributed by atoms with Gasteiger partial charge >= 0.3 is 0 Å². The largest absolute Gasteiger partial charge is 0.352 e. The van der Waals surface area contributed by atoms with E-state index in [0.717, 1.165) is 30.2 Å². The Kier molecular flexibility index (Phi) is 11.7. The highest BCUT2D eigenvalue weighted by atomic mass is 127. The summed E-state index contributed by atoms with van der Waals surface area (Å²) in [5, 5.41) is 9.72. The first kappa shape index (κ1) is 27.1. The molecule has 1 fully saturated rings. The predicted molar refractivity (Wildman–Crippen MR) is 148 cm³/mol. The van der Waals surface area contributed by atoms with E-state index in [1.165, 1.54) is 37.1 Å². The Bertz CT molecular complexity index is 894. The van der Waals surface area contributed by atoms with Gasteiger partial charge in [-0.05, 0) is 61.2 Å². The molecule has 0 radical (unpaired) electrons. The van der Waals surface area contributed by atoms with Crippen LogP contribution in [0.25, 0.3) is 0 Å². The molecule has 7 heteroatoms. The third-order valence-corrected chi connectivity index (χ3v) is 6.03. The van der Waals surface area contributed by atoms with Crippen LogP contribution in [0.2, 0.25) is 0 Å². The van der Waals surface area contributed by atoms with Gasteiger partial charge < -0.3 is 16.0 Å². The summed E-state index contributed by atoms with van der Waals surface area (Å²) in [6.45, 7) is 8.80. The van der Waals surface area contributed by atoms with E-state index in [1.54, 1.807) is 7.05 Å². The molecule has 1 saturated heterocycles. The molecule has 0 spiro atoms. The lowest BCUT2D eigenvalue weighted by molar-refractivity contribution is -0.119. The summed E-state index contributed by atoms with van der Waals surface area (Å²) in [6, 6.07) is 16.8. The Morgan fingerprint density at radius 3 is 2.27 bits per heavy atom. The number of hydrogen-bond donors (Lipinski definition) is 3. The van der Waals surface area contributed by atoms with Crippen molar-refractivity contribution in [2.75, 3.05) is 25.5 Å². The molecule has 6 nitrogen and oxygen atoms in total. The Labute approximate surface area is 215 Å². The maximum atomic E-state index is 12.1. The molecule has 33 heavy (non-hydrogen) atoms. The van der Waals surface area contributed by atoms with E-state index in [1.807, 2.05) is 38.1 Å². The molecule has 1 heterocycles. The van der Waals surface area contributed by atoms with E-state index in [0.29, 0.717) is 13.1 Å². The summed E-state index contributed by atoms with van der Waals surface area (Å²) in [4.78, 5) is 19.0. The smallest absolute Gasteiger partial charge is 0.227 e. The molecule has 3 rings (SSSR count). The molecule has 180 valence electrons. The molecule has 2 aromatic rings. The zero-order valence-corrected chi connectivity index (χ0v) is 22.4. The fourth-order valence-corrected chi connectivity index (χ4v) is 3.76. The molecule has 0 saturated carbocycles. The van der Waals surface area contributed by atoms with Crippen molar-refractivity contribution in [3.05, 3.63) is 65.2 Å². The topological polar surface area (TPSA) is 68.8 Å². The summed E-state index contributed by atoms with van der Waals surface area (Å²) in [7, 11) is 1.78. The minimum absolute atomic E-state index is 0. The number of rotatable bonds is 9. The highest BCUT2D eigenvalue weighted by molar-refractivity contribution is 14.0. The number of benzene rings is 2. The highest BCUT2D eigenvalue weighted by Gasteiger charge is 2.12. The molecule has 0 aliphatic carbocycles. The van der Waals surface area contributed by atoms with Gasteiger partial charge in [-0.1, -0.05) is 50.2 Å². The number of hydrogen-bond acceptors (Lipinski definition) is 3. The Morgan fingerprint density at radius 1 is 1.00 bits per heavy atom. The van der Waals surface area contributed by atoms with E-state index in [9.17, 15) is 4.79 Å². The van der Waals surface area contributed by atoms with E-state index < -0.39 is 0 Å². The highest BCUT2D eigenvalue weighted by Crippen LogP contribution is 2.14. The maximum Gasteiger partial charge on any atom is 0.227 e. The Hall–Kier alpha value is -2.13. The molecule has 1 aliphatic heterocycles. The van der Waals surface area contributed by atoms with Gasteiger partial charge in [0.2, 0.25) is 5.91 Å². The molecule has 3 N–H and O–H groups in total. The minimum atomic E-state index is 0. The van der Waals surface area contributed by atoms with Crippen molar-refractivity contribution in [3.8, 4) is 0 Å². The SMILES string of the molecule is CCC(C)C(=O)Nc1cccc(CNC(=NC)NCc2ccc(CN3CCCC3)cc2)c1.I. The lowest BCUT2D eigenvalue weighted by Crippen LogP contribution is -2.36. The van der Waals surface area contributed by atoms with Gasteiger partial charge in [-0.15, -0.1) is 24.0 Å². The van der Waals surface area contributed by atoms with E-state index in [4.69, 9.17) is 0 Å². The van der Waals surface area contributed by atoms with Crippen molar-refractivity contribution in [2.45, 2.75) is 52.7 Å². The maximum absolute atomic E-state index is 12.1. The van der Waals surface area contributed by atoms with Gasteiger partial charge in [0.1, 0.15) is 0 Å². The summed E-state index contributed by atoms with van der Waals surface area (Å²) in [5.41, 5.74) is 4.51. The average molecular weight is 564 g/mol. The third kappa shape index (κ3) is 8.97. The minimum Gasteiger partial charge on any atom is -0.352 e. The van der Waals surface area contributed by atoms with Crippen LogP contribution in [-0.4, -0.2) is 36.9 Å². The number of nitrogens with one attached hydrogen (secondary N) is 3. The second-order valence-electron chi connectivity index (χ2n) is 8.58. The number of carbonyl (C=O) groups is 1. The number of nitrogens with zero attached hydrogens (tertiary/aromatic N) is 2. The summed E-state index contributed by atoms with van der Waals surface area (Å²) in [5.74, 6) is 0.816. The first-order valence-electron chi connectivity index (χ1n) is 11.7. The number of aliphatic imine (C=N–C) groups is 1. The van der Waals surface area contributed by atoms with E-state index in [2.05, 4.69) is 50.1 Å². The van der Waals surface area contributed by atoms with Gasteiger partial charge in [-0.3, -0.25) is 14.7 Å². The lowest BCUT2D eigenvalue weighted by Gasteiger charge is -2.15. The fourth-order valence-electron chi connectivity index (χ4n) is 3.76. The van der Waals surface area contributed by atoms with Crippen molar-refractivity contribution in [1.82, 2.24) is 15.5 Å². The molecule has 1 unspecified atom stereocenters. The van der Waals surface area contributed by atoms with Crippen LogP contribution in [0.3, 0.4) is 0 Å². The second-order valence-corrected chi connectivity index (χ2v) is 8.58. The van der Waals surface area contributed by atoms with Gasteiger partial charge in [0.05, 0.1) is 0 Å². The van der Waals surface area contributed by atoms with Gasteiger partial charge in [0, 0.05) is 38.3 Å². The number of guanidine groups is 1. The van der Waals surface area contributed by atoms with Crippen LogP contribution < -0.4 is 16.0 Å². The zero-order valence-electron chi connectivity index (χ0n) is 20.1. The monoisotopic (exact) mass is 563 g/mol. The van der Waals surface area contributed by atoms with Crippen LogP contribution in [-0.2, 0) is 24.4 Å². The summed E-state index contributed by atoms with van der Waals surface area (Å²) < 4.78 is 0. The second kappa shape index (κ2) is 14.2. The van der Waals surface area contributed by atoms with Crippen molar-refractivity contribution < 1.29 is 4.79 Å².